The molecular formula is C19H23FN2O2. The summed E-state index contributed by atoms with van der Waals surface area (Å²) >= 11 is 0. The lowest BCUT2D eigenvalue weighted by molar-refractivity contribution is -0.127. The van der Waals surface area contributed by atoms with E-state index < -0.39 is 11.6 Å². The van der Waals surface area contributed by atoms with E-state index in [1.807, 2.05) is 49.3 Å². The molecule has 0 heterocycles. The molecule has 1 amide bonds. The fourth-order valence-electron chi connectivity index (χ4n) is 2.59. The van der Waals surface area contributed by atoms with Gasteiger partial charge < -0.3 is 10.4 Å². The largest absolute Gasteiger partial charge is 0.384 e. The predicted octanol–water partition coefficient (Wildman–Crippen LogP) is 2.45. The van der Waals surface area contributed by atoms with Crippen LogP contribution < -0.4 is 5.32 Å². The Kier molecular flexibility index (Phi) is 5.70. The van der Waals surface area contributed by atoms with Crippen LogP contribution in [-0.2, 0) is 10.4 Å². The van der Waals surface area contributed by atoms with Crippen molar-refractivity contribution in [3.63, 3.8) is 0 Å². The third-order valence-electron chi connectivity index (χ3n) is 3.95. The number of carbonyl (C=O) groups is 1. The molecule has 0 saturated carbocycles. The molecule has 128 valence electrons. The number of hydrogen-bond acceptors (Lipinski definition) is 3. The summed E-state index contributed by atoms with van der Waals surface area (Å²) in [5, 5.41) is 13.4. The van der Waals surface area contributed by atoms with Crippen molar-refractivity contribution in [1.29, 1.82) is 0 Å². The first-order valence-corrected chi connectivity index (χ1v) is 7.79. The van der Waals surface area contributed by atoms with E-state index in [1.54, 1.807) is 6.92 Å². The Bertz CT molecular complexity index is 670. The predicted molar refractivity (Wildman–Crippen MR) is 91.9 cm³/mol. The molecule has 0 bridgehead atoms. The zero-order chi connectivity index (χ0) is 17.7. The molecule has 0 aliphatic rings. The highest BCUT2D eigenvalue weighted by Gasteiger charge is 2.27. The van der Waals surface area contributed by atoms with E-state index in [0.717, 1.165) is 5.56 Å². The highest BCUT2D eigenvalue weighted by atomic mass is 19.1. The molecule has 0 aromatic heterocycles. The lowest BCUT2D eigenvalue weighted by atomic mass is 9.95. The minimum absolute atomic E-state index is 0.0363. The summed E-state index contributed by atoms with van der Waals surface area (Å²) in [5.41, 5.74) is 0.142. The Morgan fingerprint density at radius 2 is 1.75 bits per heavy atom. The Hall–Kier alpha value is -2.24. The molecular weight excluding hydrogens is 307 g/mol. The number of amides is 1. The monoisotopic (exact) mass is 330 g/mol. The number of nitrogens with zero attached hydrogens (tertiary/aromatic N) is 1. The quantitative estimate of drug-likeness (QED) is 0.855. The summed E-state index contributed by atoms with van der Waals surface area (Å²) in [7, 11) is 3.66. The van der Waals surface area contributed by atoms with Crippen molar-refractivity contribution in [2.45, 2.75) is 18.6 Å². The van der Waals surface area contributed by atoms with E-state index in [9.17, 15) is 14.3 Å². The minimum atomic E-state index is -1.28. The van der Waals surface area contributed by atoms with Crippen molar-refractivity contribution in [3.8, 4) is 0 Å². The zero-order valence-corrected chi connectivity index (χ0v) is 14.2. The summed E-state index contributed by atoms with van der Waals surface area (Å²) in [6.07, 6.45) is 0. The van der Waals surface area contributed by atoms with Crippen LogP contribution in [0.15, 0.2) is 54.6 Å². The molecule has 0 spiro atoms. The average molecular weight is 330 g/mol. The van der Waals surface area contributed by atoms with Gasteiger partial charge in [0.05, 0.1) is 6.54 Å². The molecule has 2 N–H and O–H groups in total. The van der Waals surface area contributed by atoms with Crippen LogP contribution in [-0.4, -0.2) is 36.6 Å². The SMILES string of the molecule is CN(C)C(C(=O)NCC(C)(O)c1ccc(F)cc1)c1ccccc1. The van der Waals surface area contributed by atoms with Crippen LogP contribution in [0.4, 0.5) is 4.39 Å². The second kappa shape index (κ2) is 7.55. The highest BCUT2D eigenvalue weighted by Crippen LogP contribution is 2.22. The Balaban J connectivity index is 2.09. The van der Waals surface area contributed by atoms with Gasteiger partial charge in [0.2, 0.25) is 5.91 Å². The first kappa shape index (κ1) is 18.1. The van der Waals surface area contributed by atoms with Crippen molar-refractivity contribution in [2.24, 2.45) is 0 Å². The third-order valence-corrected chi connectivity index (χ3v) is 3.95. The van der Waals surface area contributed by atoms with E-state index in [2.05, 4.69) is 5.32 Å². The summed E-state index contributed by atoms with van der Waals surface area (Å²) in [6.45, 7) is 1.63. The molecule has 0 aliphatic carbocycles. The fraction of sp³-hybridized carbons (Fsp3) is 0.316. The van der Waals surface area contributed by atoms with Crippen molar-refractivity contribution in [2.75, 3.05) is 20.6 Å². The summed E-state index contributed by atoms with van der Waals surface area (Å²) in [4.78, 5) is 14.4. The number of aliphatic hydroxyl groups is 1. The zero-order valence-electron chi connectivity index (χ0n) is 14.2. The number of halogens is 1. The number of hydrogen-bond donors (Lipinski definition) is 2. The van der Waals surface area contributed by atoms with E-state index >= 15 is 0 Å². The number of carbonyl (C=O) groups excluding carboxylic acids is 1. The maximum absolute atomic E-state index is 13.0. The Labute approximate surface area is 141 Å². The molecule has 4 nitrogen and oxygen atoms in total. The first-order chi connectivity index (χ1) is 11.3. The molecule has 0 radical (unpaired) electrons. The van der Waals surface area contributed by atoms with Crippen molar-refractivity contribution in [3.05, 3.63) is 71.5 Å². The molecule has 24 heavy (non-hydrogen) atoms. The van der Waals surface area contributed by atoms with E-state index in [-0.39, 0.29) is 18.3 Å². The Morgan fingerprint density at radius 3 is 2.29 bits per heavy atom. The molecule has 0 aliphatic heterocycles. The van der Waals surface area contributed by atoms with Crippen LogP contribution in [0.25, 0.3) is 0 Å². The maximum atomic E-state index is 13.0. The summed E-state index contributed by atoms with van der Waals surface area (Å²) < 4.78 is 13.0. The van der Waals surface area contributed by atoms with Gasteiger partial charge in [-0.3, -0.25) is 9.69 Å². The molecule has 2 rings (SSSR count). The molecule has 0 saturated heterocycles. The van der Waals surface area contributed by atoms with Crippen molar-refractivity contribution >= 4 is 5.91 Å². The van der Waals surface area contributed by atoms with Crippen molar-refractivity contribution < 1.29 is 14.3 Å². The van der Waals surface area contributed by atoms with E-state index in [1.165, 1.54) is 24.3 Å². The minimum Gasteiger partial charge on any atom is -0.384 e. The number of rotatable bonds is 6. The topological polar surface area (TPSA) is 52.6 Å². The highest BCUT2D eigenvalue weighted by molar-refractivity contribution is 5.83. The number of likely N-dealkylation sites (N-methyl/N-ethyl adjacent to an activating group) is 1. The van der Waals surface area contributed by atoms with Crippen molar-refractivity contribution in [1.82, 2.24) is 10.2 Å². The smallest absolute Gasteiger partial charge is 0.242 e. The molecule has 0 fully saturated rings. The van der Waals surface area contributed by atoms with Crippen LogP contribution in [0.2, 0.25) is 0 Å². The van der Waals surface area contributed by atoms with Gasteiger partial charge in [0.1, 0.15) is 17.5 Å². The van der Waals surface area contributed by atoms with E-state index in [4.69, 9.17) is 0 Å². The van der Waals surface area contributed by atoms with Crippen LogP contribution in [0.1, 0.15) is 24.1 Å². The number of benzene rings is 2. The average Bonchev–Trinajstić information content (AvgIpc) is 2.54. The molecule has 2 atom stereocenters. The number of nitrogens with one attached hydrogen (secondary N) is 1. The maximum Gasteiger partial charge on any atom is 0.242 e. The van der Waals surface area contributed by atoms with Gasteiger partial charge in [-0.05, 0) is 44.3 Å². The van der Waals surface area contributed by atoms with Gasteiger partial charge >= 0.3 is 0 Å². The van der Waals surface area contributed by atoms with Gasteiger partial charge in [0, 0.05) is 0 Å². The standard InChI is InChI=1S/C19H23FN2O2/c1-19(24,15-9-11-16(20)12-10-15)13-21-18(23)17(22(2)3)14-7-5-4-6-8-14/h4-12,17,24H,13H2,1-3H3,(H,21,23). The molecule has 5 heteroatoms. The lowest BCUT2D eigenvalue weighted by Gasteiger charge is -2.28. The van der Waals surface area contributed by atoms with Crippen LogP contribution in [0.3, 0.4) is 0 Å². The molecule has 2 aromatic carbocycles. The van der Waals surface area contributed by atoms with Crippen LogP contribution in [0, 0.1) is 5.82 Å². The van der Waals surface area contributed by atoms with Crippen LogP contribution >= 0.6 is 0 Å². The first-order valence-electron chi connectivity index (χ1n) is 7.79. The van der Waals surface area contributed by atoms with E-state index in [0.29, 0.717) is 5.56 Å². The molecule has 2 unspecified atom stereocenters. The van der Waals surface area contributed by atoms with Crippen LogP contribution in [0.5, 0.6) is 0 Å². The normalized spacial score (nSPS) is 14.9. The third kappa shape index (κ3) is 4.40. The van der Waals surface area contributed by atoms with Gasteiger partial charge in [-0.2, -0.15) is 0 Å². The molecule has 2 aromatic rings. The second-order valence-corrected chi connectivity index (χ2v) is 6.28. The van der Waals surface area contributed by atoms with Gasteiger partial charge in [0.15, 0.2) is 0 Å². The van der Waals surface area contributed by atoms with Gasteiger partial charge in [-0.25, -0.2) is 4.39 Å². The Morgan fingerprint density at radius 1 is 1.17 bits per heavy atom. The summed E-state index contributed by atoms with van der Waals surface area (Å²) in [5.74, 6) is -0.566. The summed E-state index contributed by atoms with van der Waals surface area (Å²) in [6, 6.07) is 14.6. The fourth-order valence-corrected chi connectivity index (χ4v) is 2.59. The second-order valence-electron chi connectivity index (χ2n) is 6.28. The van der Waals surface area contributed by atoms with Gasteiger partial charge in [-0.15, -0.1) is 0 Å². The van der Waals surface area contributed by atoms with Gasteiger partial charge in [0.25, 0.3) is 0 Å². The van der Waals surface area contributed by atoms with Gasteiger partial charge in [-0.1, -0.05) is 42.5 Å². The lowest BCUT2D eigenvalue weighted by Crippen LogP contribution is -2.43.